The third kappa shape index (κ3) is 7.22. The fourth-order valence-corrected chi connectivity index (χ4v) is 4.12. The molecule has 184 valence electrons. The van der Waals surface area contributed by atoms with Gasteiger partial charge >= 0.3 is 12.1 Å². The average Bonchev–Trinajstić information content (AvgIpc) is 2.66. The second-order valence-corrected chi connectivity index (χ2v) is 16.1. The maximum absolute atomic E-state index is 13.3. The van der Waals surface area contributed by atoms with Gasteiger partial charge in [0, 0.05) is 10.7 Å². The van der Waals surface area contributed by atoms with E-state index < -0.39 is 32.1 Å². The molecular weight excluding hydrogens is 458 g/mol. The Bertz CT molecular complexity index is 875. The smallest absolute Gasteiger partial charge is 0.430 e. The Labute approximate surface area is 204 Å². The van der Waals surface area contributed by atoms with Gasteiger partial charge in [-0.1, -0.05) is 44.5 Å². The van der Waals surface area contributed by atoms with Crippen LogP contribution >= 0.6 is 11.6 Å². The first-order valence-corrected chi connectivity index (χ1v) is 14.5. The van der Waals surface area contributed by atoms with Crippen LogP contribution in [0.2, 0.25) is 23.2 Å². The van der Waals surface area contributed by atoms with Gasteiger partial charge in [0.1, 0.15) is 5.60 Å². The van der Waals surface area contributed by atoms with Gasteiger partial charge in [0.2, 0.25) is 0 Å². The van der Waals surface area contributed by atoms with Gasteiger partial charge in [-0.3, -0.25) is 0 Å². The third-order valence-electron chi connectivity index (χ3n) is 5.85. The van der Waals surface area contributed by atoms with E-state index in [9.17, 15) is 9.59 Å². The number of carbonyl (C=O) groups is 2. The number of halogens is 1. The van der Waals surface area contributed by atoms with Crippen molar-refractivity contribution in [2.24, 2.45) is 0 Å². The molecule has 2 atom stereocenters. The van der Waals surface area contributed by atoms with E-state index in [4.69, 9.17) is 20.8 Å². The van der Waals surface area contributed by atoms with E-state index in [0.717, 1.165) is 0 Å². The van der Waals surface area contributed by atoms with Gasteiger partial charge < -0.3 is 14.5 Å². The fraction of sp³-hybridized carbons (Fsp3) is 0.583. The molecule has 9 heteroatoms. The fourth-order valence-electron chi connectivity index (χ4n) is 2.97. The number of hydrogen-bond donors (Lipinski definition) is 1. The summed E-state index contributed by atoms with van der Waals surface area (Å²) in [5, 5.41) is 6.19. The number of benzene rings is 1. The van der Waals surface area contributed by atoms with Crippen LogP contribution in [0.5, 0.6) is 0 Å². The normalized spacial score (nSPS) is 19.5. The van der Waals surface area contributed by atoms with E-state index in [0.29, 0.717) is 10.7 Å². The molecular formula is C24H38ClN3O4Si. The second kappa shape index (κ2) is 10.1. The van der Waals surface area contributed by atoms with Crippen molar-refractivity contribution in [3.63, 3.8) is 0 Å². The Kier molecular flexibility index (Phi) is 8.31. The summed E-state index contributed by atoms with van der Waals surface area (Å²) in [4.78, 5) is 26.6. The highest BCUT2D eigenvalue weighted by Gasteiger charge is 2.42. The van der Waals surface area contributed by atoms with Crippen LogP contribution in [0.25, 0.3) is 0 Å². The van der Waals surface area contributed by atoms with Crippen molar-refractivity contribution >= 4 is 37.7 Å². The molecule has 1 aliphatic rings. The molecule has 1 aromatic rings. The largest absolute Gasteiger partial charge is 0.442 e. The lowest BCUT2D eigenvalue weighted by Gasteiger charge is -2.45. The van der Waals surface area contributed by atoms with Gasteiger partial charge in [0.15, 0.2) is 8.32 Å². The number of urea groups is 1. The predicted octanol–water partition coefficient (Wildman–Crippen LogP) is 6.67. The van der Waals surface area contributed by atoms with Crippen molar-refractivity contribution in [2.45, 2.75) is 84.3 Å². The minimum atomic E-state index is -2.08. The number of anilines is 1. The minimum Gasteiger partial charge on any atom is -0.442 e. The van der Waals surface area contributed by atoms with Crippen molar-refractivity contribution in [2.75, 3.05) is 11.9 Å². The van der Waals surface area contributed by atoms with Gasteiger partial charge in [0.05, 0.1) is 18.7 Å². The Hall–Kier alpha value is -2.03. The van der Waals surface area contributed by atoms with Crippen molar-refractivity contribution in [3.8, 4) is 0 Å². The molecule has 0 aromatic heterocycles. The number of ether oxygens (including phenoxy) is 1. The average molecular weight is 496 g/mol. The molecule has 1 aliphatic heterocycles. The summed E-state index contributed by atoms with van der Waals surface area (Å²) in [5.74, 6) is 0. The molecule has 0 bridgehead atoms. The zero-order chi connectivity index (χ0) is 25.2. The first-order chi connectivity index (χ1) is 15.0. The van der Waals surface area contributed by atoms with Crippen LogP contribution in [0.4, 0.5) is 15.3 Å². The molecule has 2 rings (SSSR count). The second-order valence-electron chi connectivity index (χ2n) is 10.9. The van der Waals surface area contributed by atoms with Gasteiger partial charge in [0.25, 0.3) is 0 Å². The highest BCUT2D eigenvalue weighted by atomic mass is 35.5. The number of nitrogens with one attached hydrogen (secondary N) is 1. The van der Waals surface area contributed by atoms with Gasteiger partial charge in [-0.25, -0.2) is 19.6 Å². The monoisotopic (exact) mass is 495 g/mol. The van der Waals surface area contributed by atoms with E-state index in [1.165, 1.54) is 10.0 Å². The van der Waals surface area contributed by atoms with Crippen molar-refractivity contribution in [3.05, 3.63) is 41.4 Å². The number of amides is 3. The maximum Gasteiger partial charge on any atom is 0.430 e. The molecule has 3 amide bonds. The van der Waals surface area contributed by atoms with Crippen molar-refractivity contribution in [1.82, 2.24) is 10.0 Å². The number of nitrogens with zero attached hydrogens (tertiary/aromatic N) is 2. The number of carbonyl (C=O) groups excluding carboxylic acids is 2. The maximum atomic E-state index is 13.3. The van der Waals surface area contributed by atoms with Gasteiger partial charge in [-0.2, -0.15) is 0 Å². The van der Waals surface area contributed by atoms with Gasteiger partial charge in [-0.05, 0) is 70.1 Å². The van der Waals surface area contributed by atoms with E-state index in [1.807, 2.05) is 19.1 Å². The Morgan fingerprint density at radius 2 is 1.61 bits per heavy atom. The zero-order valence-electron chi connectivity index (χ0n) is 21.2. The molecule has 0 saturated heterocycles. The Balaban J connectivity index is 2.34. The number of hydrogen-bond acceptors (Lipinski definition) is 4. The highest BCUT2D eigenvalue weighted by Crippen LogP contribution is 2.37. The molecule has 1 heterocycles. The molecule has 33 heavy (non-hydrogen) atoms. The molecule has 1 aromatic carbocycles. The van der Waals surface area contributed by atoms with Crippen LogP contribution in [0.1, 0.15) is 48.5 Å². The first kappa shape index (κ1) is 27.2. The van der Waals surface area contributed by atoms with Crippen LogP contribution < -0.4 is 5.32 Å². The summed E-state index contributed by atoms with van der Waals surface area (Å²) < 4.78 is 12.1. The summed E-state index contributed by atoms with van der Waals surface area (Å²) in [6, 6.07) is 5.50. The van der Waals surface area contributed by atoms with Gasteiger partial charge in [-0.15, -0.1) is 0 Å². The standard InChI is InChI=1S/C24H38ClN3O4Si/c1-17-10-15-20(16-31-33(8,9)24(5,6)7)28(22(30)32-23(2,3)4)27(17)21(29)26-19-13-11-18(25)12-14-19/h10-15,17,20H,16H2,1-9H3,(H,26,29)/t17-,20-/m1/s1. The summed E-state index contributed by atoms with van der Waals surface area (Å²) >= 11 is 5.96. The van der Waals surface area contributed by atoms with Crippen molar-refractivity contribution in [1.29, 1.82) is 0 Å². The number of rotatable bonds is 4. The van der Waals surface area contributed by atoms with Crippen LogP contribution in [0, 0.1) is 0 Å². The highest BCUT2D eigenvalue weighted by molar-refractivity contribution is 6.74. The lowest BCUT2D eigenvalue weighted by atomic mass is 10.1. The minimum absolute atomic E-state index is 0.0149. The molecule has 0 spiro atoms. The summed E-state index contributed by atoms with van der Waals surface area (Å²) in [6.07, 6.45) is 3.21. The van der Waals surface area contributed by atoms with E-state index in [2.05, 4.69) is 39.2 Å². The zero-order valence-corrected chi connectivity index (χ0v) is 23.0. The Morgan fingerprint density at radius 3 is 2.12 bits per heavy atom. The van der Waals surface area contributed by atoms with Crippen LogP contribution in [-0.4, -0.2) is 54.8 Å². The summed E-state index contributed by atoms with van der Waals surface area (Å²) in [7, 11) is -2.08. The summed E-state index contributed by atoms with van der Waals surface area (Å²) in [5.41, 5.74) is -0.144. The molecule has 0 radical (unpaired) electrons. The quantitative estimate of drug-likeness (QED) is 0.373. The van der Waals surface area contributed by atoms with Crippen LogP contribution in [0.15, 0.2) is 36.4 Å². The summed E-state index contributed by atoms with van der Waals surface area (Å²) in [6.45, 7) is 18.3. The SMILES string of the molecule is C[C@@H]1C=C[C@H](CO[Si](C)(C)C(C)(C)C)N(C(=O)OC(C)(C)C)N1C(=O)Nc1ccc(Cl)cc1. The molecule has 7 nitrogen and oxygen atoms in total. The number of hydrazine groups is 1. The van der Waals surface area contributed by atoms with E-state index in [-0.39, 0.29) is 17.7 Å². The van der Waals surface area contributed by atoms with Crippen LogP contribution in [0.3, 0.4) is 0 Å². The van der Waals surface area contributed by atoms with E-state index in [1.54, 1.807) is 45.0 Å². The van der Waals surface area contributed by atoms with E-state index >= 15 is 0 Å². The first-order valence-electron chi connectivity index (χ1n) is 11.2. The molecule has 0 unspecified atom stereocenters. The lowest BCUT2D eigenvalue weighted by molar-refractivity contribution is -0.0599. The van der Waals surface area contributed by atoms with Crippen molar-refractivity contribution < 1.29 is 18.8 Å². The molecule has 0 aliphatic carbocycles. The third-order valence-corrected chi connectivity index (χ3v) is 10.6. The molecule has 0 fully saturated rings. The topological polar surface area (TPSA) is 71.1 Å². The predicted molar refractivity (Wildman–Crippen MR) is 136 cm³/mol. The molecule has 1 N–H and O–H groups in total. The Morgan fingerprint density at radius 1 is 1.03 bits per heavy atom. The molecule has 0 saturated carbocycles. The van der Waals surface area contributed by atoms with Crippen LogP contribution in [-0.2, 0) is 9.16 Å². The lowest BCUT2D eigenvalue weighted by Crippen LogP contribution is -2.62.